The summed E-state index contributed by atoms with van der Waals surface area (Å²) >= 11 is 8.82. The zero-order valence-corrected chi connectivity index (χ0v) is 13.9. The molecule has 0 bridgehead atoms. The first-order chi connectivity index (χ1) is 9.36. The van der Waals surface area contributed by atoms with Gasteiger partial charge in [0, 0.05) is 22.9 Å². The summed E-state index contributed by atoms with van der Waals surface area (Å²) in [6.45, 7) is 2.09. The smallest absolute Gasteiger partial charge is 0.246 e. The first kappa shape index (κ1) is 16.2. The molecule has 4 nitrogen and oxygen atoms in total. The van der Waals surface area contributed by atoms with Gasteiger partial charge in [0.1, 0.15) is 10.7 Å². The standard InChI is InChI=1S/C12H14BrClFNO3S/c1-8-7-19-10(5-14)6-16(8)20(17,18)12-3-2-9(13)4-11(12)15/h2-4,8,10H,5-7H2,1H3. The van der Waals surface area contributed by atoms with Crippen molar-refractivity contribution in [3.05, 3.63) is 28.5 Å². The fourth-order valence-electron chi connectivity index (χ4n) is 2.03. The predicted molar refractivity (Wildman–Crippen MR) is 77.9 cm³/mol. The van der Waals surface area contributed by atoms with Crippen LogP contribution in [0, 0.1) is 5.82 Å². The molecule has 0 aliphatic carbocycles. The Morgan fingerprint density at radius 1 is 1.55 bits per heavy atom. The topological polar surface area (TPSA) is 46.6 Å². The summed E-state index contributed by atoms with van der Waals surface area (Å²) in [6, 6.07) is 3.53. The van der Waals surface area contributed by atoms with Gasteiger partial charge in [0.2, 0.25) is 10.0 Å². The highest BCUT2D eigenvalue weighted by molar-refractivity contribution is 9.10. The van der Waals surface area contributed by atoms with Crippen LogP contribution in [0.1, 0.15) is 6.92 Å². The number of nitrogens with zero attached hydrogens (tertiary/aromatic N) is 1. The highest BCUT2D eigenvalue weighted by Gasteiger charge is 2.36. The van der Waals surface area contributed by atoms with E-state index in [-0.39, 0.29) is 36.1 Å². The second-order valence-corrected chi connectivity index (χ2v) is 7.69. The molecule has 112 valence electrons. The Labute approximate surface area is 131 Å². The van der Waals surface area contributed by atoms with Gasteiger partial charge in [-0.1, -0.05) is 15.9 Å². The van der Waals surface area contributed by atoms with Crippen molar-refractivity contribution in [1.29, 1.82) is 0 Å². The molecule has 2 unspecified atom stereocenters. The summed E-state index contributed by atoms with van der Waals surface area (Å²) in [4.78, 5) is -0.331. The van der Waals surface area contributed by atoms with Crippen LogP contribution in [0.2, 0.25) is 0 Å². The lowest BCUT2D eigenvalue weighted by Gasteiger charge is -2.36. The van der Waals surface area contributed by atoms with E-state index < -0.39 is 15.8 Å². The zero-order valence-electron chi connectivity index (χ0n) is 10.7. The van der Waals surface area contributed by atoms with E-state index in [1.54, 1.807) is 6.92 Å². The van der Waals surface area contributed by atoms with Crippen LogP contribution in [-0.4, -0.2) is 43.9 Å². The summed E-state index contributed by atoms with van der Waals surface area (Å²) < 4.78 is 46.2. The normalized spacial score (nSPS) is 24.8. The highest BCUT2D eigenvalue weighted by Crippen LogP contribution is 2.26. The number of benzene rings is 1. The molecule has 1 heterocycles. The number of ether oxygens (including phenoxy) is 1. The van der Waals surface area contributed by atoms with E-state index in [1.807, 2.05) is 0 Å². The minimum atomic E-state index is -3.90. The van der Waals surface area contributed by atoms with Crippen LogP contribution in [-0.2, 0) is 14.8 Å². The van der Waals surface area contributed by atoms with Gasteiger partial charge in [0.15, 0.2) is 0 Å². The number of sulfonamides is 1. The third-order valence-corrected chi connectivity index (χ3v) is 5.95. The molecule has 1 aliphatic rings. The fraction of sp³-hybridized carbons (Fsp3) is 0.500. The molecule has 1 aromatic rings. The molecule has 0 radical (unpaired) electrons. The lowest BCUT2D eigenvalue weighted by molar-refractivity contribution is -0.0152. The van der Waals surface area contributed by atoms with E-state index in [0.29, 0.717) is 4.47 Å². The first-order valence-electron chi connectivity index (χ1n) is 6.00. The van der Waals surface area contributed by atoms with Crippen LogP contribution < -0.4 is 0 Å². The molecule has 2 rings (SSSR count). The summed E-state index contributed by atoms with van der Waals surface area (Å²) in [7, 11) is -3.90. The summed E-state index contributed by atoms with van der Waals surface area (Å²) in [6.07, 6.45) is -0.374. The van der Waals surface area contributed by atoms with E-state index in [9.17, 15) is 12.8 Å². The second kappa shape index (κ2) is 6.27. The zero-order chi connectivity index (χ0) is 14.9. The summed E-state index contributed by atoms with van der Waals surface area (Å²) in [5, 5.41) is 0. The average molecular weight is 387 g/mol. The molecule has 8 heteroatoms. The van der Waals surface area contributed by atoms with Crippen molar-refractivity contribution in [3.8, 4) is 0 Å². The fourth-order valence-corrected chi connectivity index (χ4v) is 4.25. The molecule has 1 aromatic carbocycles. The molecule has 0 N–H and O–H groups in total. The van der Waals surface area contributed by atoms with Gasteiger partial charge in [-0.25, -0.2) is 12.8 Å². The van der Waals surface area contributed by atoms with Crippen LogP contribution in [0.15, 0.2) is 27.6 Å². The van der Waals surface area contributed by atoms with Crippen LogP contribution in [0.4, 0.5) is 4.39 Å². The molecule has 0 spiro atoms. The van der Waals surface area contributed by atoms with E-state index in [4.69, 9.17) is 16.3 Å². The van der Waals surface area contributed by atoms with Crippen molar-refractivity contribution in [2.75, 3.05) is 19.0 Å². The van der Waals surface area contributed by atoms with Gasteiger partial charge in [0.05, 0.1) is 12.7 Å². The van der Waals surface area contributed by atoms with E-state index in [0.717, 1.165) is 6.07 Å². The number of hydrogen-bond donors (Lipinski definition) is 0. The SMILES string of the molecule is CC1COC(CCl)CN1S(=O)(=O)c1ccc(Br)cc1F. The Balaban J connectivity index is 2.38. The van der Waals surface area contributed by atoms with Crippen LogP contribution in [0.5, 0.6) is 0 Å². The van der Waals surface area contributed by atoms with Gasteiger partial charge in [-0.15, -0.1) is 11.6 Å². The molecule has 2 atom stereocenters. The molecule has 1 saturated heterocycles. The molecule has 0 saturated carbocycles. The Kier molecular flexibility index (Phi) is 5.07. The van der Waals surface area contributed by atoms with Gasteiger partial charge in [-0.05, 0) is 25.1 Å². The number of morpholine rings is 1. The maximum absolute atomic E-state index is 13.9. The van der Waals surface area contributed by atoms with E-state index >= 15 is 0 Å². The number of halogens is 3. The Hall–Kier alpha value is -0.210. The maximum atomic E-state index is 13.9. The van der Waals surface area contributed by atoms with E-state index in [1.165, 1.54) is 16.4 Å². The second-order valence-electron chi connectivity index (χ2n) is 4.61. The van der Waals surface area contributed by atoms with Crippen LogP contribution in [0.3, 0.4) is 0 Å². The predicted octanol–water partition coefficient (Wildman–Crippen LogP) is 2.61. The molecular formula is C12H14BrClFNO3S. The van der Waals surface area contributed by atoms with Crippen molar-refractivity contribution >= 4 is 37.6 Å². The first-order valence-corrected chi connectivity index (χ1v) is 8.77. The molecular weight excluding hydrogens is 373 g/mol. The molecule has 1 fully saturated rings. The minimum absolute atomic E-state index is 0.127. The van der Waals surface area contributed by atoms with E-state index in [2.05, 4.69) is 15.9 Å². The third kappa shape index (κ3) is 3.17. The number of alkyl halides is 1. The summed E-state index contributed by atoms with van der Waals surface area (Å²) in [5.41, 5.74) is 0. The van der Waals surface area contributed by atoms with Crippen molar-refractivity contribution in [2.24, 2.45) is 0 Å². The lowest BCUT2D eigenvalue weighted by Crippen LogP contribution is -2.51. The van der Waals surface area contributed by atoms with Crippen LogP contribution in [0.25, 0.3) is 0 Å². The quantitative estimate of drug-likeness (QED) is 0.750. The van der Waals surface area contributed by atoms with Gasteiger partial charge in [0.25, 0.3) is 0 Å². The van der Waals surface area contributed by atoms with Crippen molar-refractivity contribution in [3.63, 3.8) is 0 Å². The largest absolute Gasteiger partial charge is 0.374 e. The third-order valence-electron chi connectivity index (χ3n) is 3.10. The van der Waals surface area contributed by atoms with Crippen molar-refractivity contribution < 1.29 is 17.5 Å². The lowest BCUT2D eigenvalue weighted by atomic mass is 10.2. The van der Waals surface area contributed by atoms with Gasteiger partial charge >= 0.3 is 0 Å². The number of rotatable bonds is 3. The van der Waals surface area contributed by atoms with Crippen LogP contribution >= 0.6 is 27.5 Å². The molecule has 1 aliphatic heterocycles. The van der Waals surface area contributed by atoms with Gasteiger partial charge in [-0.2, -0.15) is 4.31 Å². The Morgan fingerprint density at radius 3 is 2.85 bits per heavy atom. The van der Waals surface area contributed by atoms with Crippen molar-refractivity contribution in [2.45, 2.75) is 24.0 Å². The maximum Gasteiger partial charge on any atom is 0.246 e. The molecule has 0 amide bonds. The summed E-state index contributed by atoms with van der Waals surface area (Å²) in [5.74, 6) is -0.581. The average Bonchev–Trinajstić information content (AvgIpc) is 2.38. The highest BCUT2D eigenvalue weighted by atomic mass is 79.9. The van der Waals surface area contributed by atoms with Gasteiger partial charge < -0.3 is 4.74 Å². The Bertz CT molecular complexity index is 598. The number of hydrogen-bond acceptors (Lipinski definition) is 3. The monoisotopic (exact) mass is 385 g/mol. The molecule has 0 aromatic heterocycles. The van der Waals surface area contributed by atoms with Gasteiger partial charge in [-0.3, -0.25) is 0 Å². The molecule has 20 heavy (non-hydrogen) atoms. The Morgan fingerprint density at radius 2 is 2.25 bits per heavy atom. The minimum Gasteiger partial charge on any atom is -0.374 e. The van der Waals surface area contributed by atoms with Crippen molar-refractivity contribution in [1.82, 2.24) is 4.31 Å².